The van der Waals surface area contributed by atoms with Crippen molar-refractivity contribution in [3.05, 3.63) is 138 Å². The van der Waals surface area contributed by atoms with Gasteiger partial charge in [-0.15, -0.1) is 10.2 Å². The summed E-state index contributed by atoms with van der Waals surface area (Å²) in [6.45, 7) is 0.671. The van der Waals surface area contributed by atoms with Crippen LogP contribution in [0.2, 0.25) is 0 Å². The molecular weight excluding hydrogens is 495 g/mol. The van der Waals surface area contributed by atoms with Crippen LogP contribution < -0.4 is 39.9 Å². The van der Waals surface area contributed by atoms with Gasteiger partial charge in [-0.05, 0) is 42.0 Å². The first-order valence-corrected chi connectivity index (χ1v) is 13.9. The van der Waals surface area contributed by atoms with Crippen LogP contribution in [0.4, 0.5) is 0 Å². The van der Waals surface area contributed by atoms with Crippen LogP contribution in [0, 0.1) is 21.6 Å². The summed E-state index contributed by atoms with van der Waals surface area (Å²) in [7, 11) is -7.29. The molecule has 0 spiro atoms. The lowest BCUT2D eigenvalue weighted by molar-refractivity contribution is -2.00. The first-order valence-electron chi connectivity index (χ1n) is 10.9. The van der Waals surface area contributed by atoms with Crippen LogP contribution >= 0.6 is 7.26 Å². The van der Waals surface area contributed by atoms with Gasteiger partial charge in [0.1, 0.15) is 22.0 Å². The Hall–Kier alpha value is -3.53. The lowest BCUT2D eigenvalue weighted by atomic mass is 10.2. The van der Waals surface area contributed by atoms with Gasteiger partial charge in [-0.1, -0.05) is 84.9 Å². The fourth-order valence-corrected chi connectivity index (χ4v) is 7.91. The molecule has 4 aromatic carbocycles. The largest absolute Gasteiger partial charge is 0.383 e. The summed E-state index contributed by atoms with van der Waals surface area (Å²) >= 11 is 0. The van der Waals surface area contributed by atoms with E-state index in [2.05, 4.69) is 96.3 Å². The van der Waals surface area contributed by atoms with Gasteiger partial charge in [0.25, 0.3) is 0 Å². The Morgan fingerprint density at radius 2 is 1.00 bits per heavy atom. The fraction of sp³-hybridized carbons (Fsp3) is 0.0357. The van der Waals surface area contributed by atoms with Crippen molar-refractivity contribution in [3.63, 3.8) is 0 Å². The minimum Gasteiger partial charge on any atom is -0.383 e. The fourth-order valence-electron chi connectivity index (χ4n) is 3.88. The van der Waals surface area contributed by atoms with E-state index in [4.69, 9.17) is 18.6 Å². The third kappa shape index (κ3) is 7.24. The van der Waals surface area contributed by atoms with E-state index in [-0.39, 0.29) is 0 Å². The lowest BCUT2D eigenvalue weighted by Crippen LogP contribution is -2.68. The number of nitriles is 1. The average molecular weight is 519 g/mol. The van der Waals surface area contributed by atoms with Gasteiger partial charge in [0.05, 0.1) is 6.20 Å². The maximum atomic E-state index is 10.4. The molecule has 4 aromatic rings. The van der Waals surface area contributed by atoms with Gasteiger partial charge in [0.2, 0.25) is 5.31 Å². The Labute approximate surface area is 213 Å². The van der Waals surface area contributed by atoms with Crippen LogP contribution in [0.5, 0.6) is 0 Å². The molecule has 0 amide bonds. The van der Waals surface area contributed by atoms with Crippen LogP contribution in [0.25, 0.3) is 0 Å². The molecule has 4 rings (SSSR count). The number of hydrogen-bond donors (Lipinski definition) is 1. The first kappa shape index (κ1) is 27.1. The van der Waals surface area contributed by atoms with Crippen LogP contribution in [0.3, 0.4) is 0 Å². The second-order valence-electron chi connectivity index (χ2n) is 7.56. The summed E-state index contributed by atoms with van der Waals surface area (Å²) in [6, 6.07) is 44.1. The van der Waals surface area contributed by atoms with Gasteiger partial charge >= 0.3 is 0 Å². The van der Waals surface area contributed by atoms with Crippen molar-refractivity contribution in [2.24, 2.45) is 0 Å². The van der Waals surface area contributed by atoms with Crippen molar-refractivity contribution in [2.75, 3.05) is 0 Å². The van der Waals surface area contributed by atoms with E-state index in [1.165, 1.54) is 21.5 Å². The molecule has 0 heterocycles. The van der Waals surface area contributed by atoms with Crippen molar-refractivity contribution in [1.29, 1.82) is 5.26 Å². The molecule has 0 aliphatic heterocycles. The third-order valence-corrected chi connectivity index (χ3v) is 9.46. The molecule has 0 bridgehead atoms. The highest BCUT2D eigenvalue weighted by Crippen LogP contribution is 2.61. The Bertz CT molecular complexity index is 1170. The summed E-state index contributed by atoms with van der Waals surface area (Å²) in [4.78, 5) is 0. The van der Waals surface area contributed by atoms with E-state index in [9.17, 15) is 5.26 Å². The van der Waals surface area contributed by atoms with Crippen molar-refractivity contribution < 1.29 is 28.9 Å². The smallest absolute Gasteiger partial charge is 0.201 e. The molecule has 0 fully saturated rings. The van der Waals surface area contributed by atoms with E-state index in [1.807, 2.05) is 42.6 Å². The normalized spacial score (nSPS) is 11.6. The molecule has 0 aromatic heterocycles. The molecule has 1 N–H and O–H groups in total. The highest BCUT2D eigenvalue weighted by Gasteiger charge is 2.50. The minimum atomic E-state index is -4.94. The monoisotopic (exact) mass is 518 g/mol. The Balaban J connectivity index is 0.000000658. The zero-order valence-corrected chi connectivity index (χ0v) is 20.9. The van der Waals surface area contributed by atoms with Crippen molar-refractivity contribution in [2.45, 2.75) is 6.54 Å². The molecule has 36 heavy (non-hydrogen) atoms. The van der Waals surface area contributed by atoms with Crippen molar-refractivity contribution in [3.8, 4) is 6.07 Å². The molecule has 0 unspecified atom stereocenters. The average Bonchev–Trinajstić information content (AvgIpc) is 2.90. The molecule has 182 valence electrons. The van der Waals surface area contributed by atoms with E-state index in [1.54, 1.807) is 0 Å². The molecule has 0 atom stereocenters. The summed E-state index contributed by atoms with van der Waals surface area (Å²) in [5.74, 6) is 0. The Morgan fingerprint density at radius 1 is 0.667 bits per heavy atom. The maximum absolute atomic E-state index is 10.4. The zero-order valence-electron chi connectivity index (χ0n) is 19.2. The third-order valence-electron chi connectivity index (χ3n) is 5.29. The number of halogens is 1. The number of rotatable bonds is 7. The molecule has 8 heteroatoms. The SMILES string of the molecule is N#CC(=CNCc1ccccc1)[P+](c1ccccc1)(c1ccccc1)c1ccccc1.[O-][Cl+3]([O-])([O-])[O-]. The summed E-state index contributed by atoms with van der Waals surface area (Å²) in [6.07, 6.45) is 1.92. The van der Waals surface area contributed by atoms with E-state index < -0.39 is 17.5 Å². The molecular formula is C28H24ClN2O4P. The maximum Gasteiger partial charge on any atom is 0.201 e. The Morgan fingerprint density at radius 3 is 1.33 bits per heavy atom. The molecule has 0 radical (unpaired) electrons. The number of benzene rings is 4. The second-order valence-corrected chi connectivity index (χ2v) is 11.7. The van der Waals surface area contributed by atoms with Crippen LogP contribution in [-0.4, -0.2) is 0 Å². The quantitative estimate of drug-likeness (QED) is 0.278. The number of hydrogen-bond acceptors (Lipinski definition) is 6. The molecule has 0 saturated heterocycles. The number of nitrogens with one attached hydrogen (secondary N) is 1. The van der Waals surface area contributed by atoms with Crippen molar-refractivity contribution >= 4 is 23.2 Å². The number of nitrogens with zero attached hydrogens (tertiary/aromatic N) is 1. The summed E-state index contributed by atoms with van der Waals surface area (Å²) in [5.41, 5.74) is 1.18. The molecule has 0 aliphatic carbocycles. The van der Waals surface area contributed by atoms with Gasteiger partial charge in [-0.3, -0.25) is 0 Å². The topological polar surface area (TPSA) is 128 Å². The van der Waals surface area contributed by atoms with E-state index in [0.29, 0.717) is 6.54 Å². The summed E-state index contributed by atoms with van der Waals surface area (Å²) < 4.78 is 34.0. The molecule has 0 aliphatic rings. The minimum absolute atomic E-state index is 0.671. The summed E-state index contributed by atoms with van der Waals surface area (Å²) in [5, 5.41) is 18.1. The van der Waals surface area contributed by atoms with E-state index in [0.717, 1.165) is 5.31 Å². The standard InChI is InChI=1S/C28H24N2P.ClHO4/c29-21-28(23-30-22-24-13-5-1-6-14-24)31(25-15-7-2-8-16-25,26-17-9-3-10-18-26)27-19-11-4-12-20-27;2-1(3,4)5/h1-20,23,30H,22H2;(H,2,3,4,5)/q+1;/p-1. The Kier molecular flexibility index (Phi) is 9.75. The van der Waals surface area contributed by atoms with Gasteiger partial charge in [0.15, 0.2) is 7.26 Å². The highest BCUT2D eigenvalue weighted by molar-refractivity contribution is 7.99. The second kappa shape index (κ2) is 13.0. The van der Waals surface area contributed by atoms with Gasteiger partial charge in [-0.2, -0.15) is 5.26 Å². The molecule has 6 nitrogen and oxygen atoms in total. The van der Waals surface area contributed by atoms with Gasteiger partial charge in [0, 0.05) is 6.54 Å². The van der Waals surface area contributed by atoms with E-state index >= 15 is 0 Å². The lowest BCUT2D eigenvalue weighted by Gasteiger charge is -2.26. The zero-order chi connectivity index (χ0) is 25.9. The van der Waals surface area contributed by atoms with Crippen LogP contribution in [0.15, 0.2) is 133 Å². The number of allylic oxidation sites excluding steroid dienone is 1. The molecule has 0 saturated carbocycles. The van der Waals surface area contributed by atoms with Crippen LogP contribution in [-0.2, 0) is 6.54 Å². The highest BCUT2D eigenvalue weighted by atomic mass is 35.7. The van der Waals surface area contributed by atoms with Crippen molar-refractivity contribution in [1.82, 2.24) is 5.32 Å². The van der Waals surface area contributed by atoms with Crippen LogP contribution in [0.1, 0.15) is 5.56 Å². The van der Waals surface area contributed by atoms with Gasteiger partial charge in [-0.25, -0.2) is 18.6 Å². The predicted octanol–water partition coefficient (Wildman–Crippen LogP) is 0.379. The predicted molar refractivity (Wildman–Crippen MR) is 132 cm³/mol. The first-order chi connectivity index (χ1) is 17.4. The van der Waals surface area contributed by atoms with Gasteiger partial charge < -0.3 is 5.32 Å².